The summed E-state index contributed by atoms with van der Waals surface area (Å²) in [5.41, 5.74) is 2.57. The van der Waals surface area contributed by atoms with Crippen LogP contribution in [0, 0.1) is 6.92 Å². The highest BCUT2D eigenvalue weighted by atomic mass is 32.2. The average molecular weight is 388 g/mol. The Kier molecular flexibility index (Phi) is 5.74. The van der Waals surface area contributed by atoms with Crippen LogP contribution in [0.4, 0.5) is 5.82 Å². The molecular formula is C19H24N4O3S. The van der Waals surface area contributed by atoms with Crippen molar-refractivity contribution in [3.8, 4) is 0 Å². The molecule has 1 unspecified atom stereocenters. The number of carbonyl (C=O) groups is 1. The number of amides is 1. The molecule has 144 valence electrons. The standard InChI is InChI=1S/C19H24N4O3S/c1-3-23(16-8-9-27(25,26)12-16)19(24)17-10-18(22-13-21-17)20-11-15-6-4-14(2)5-7-15/h4-7,10,13,16H,3,8-9,11-12H2,1-2H3,(H,20,21,22). The Morgan fingerprint density at radius 3 is 2.63 bits per heavy atom. The number of sulfone groups is 1. The Morgan fingerprint density at radius 2 is 2.00 bits per heavy atom. The first kappa shape index (κ1) is 19.3. The molecule has 0 radical (unpaired) electrons. The van der Waals surface area contributed by atoms with Gasteiger partial charge in [0, 0.05) is 25.2 Å². The number of nitrogens with zero attached hydrogens (tertiary/aromatic N) is 3. The fraction of sp³-hybridized carbons (Fsp3) is 0.421. The van der Waals surface area contributed by atoms with E-state index in [1.54, 1.807) is 11.0 Å². The van der Waals surface area contributed by atoms with Gasteiger partial charge >= 0.3 is 0 Å². The summed E-state index contributed by atoms with van der Waals surface area (Å²) in [7, 11) is -3.06. The van der Waals surface area contributed by atoms with Gasteiger partial charge in [0.15, 0.2) is 9.84 Å². The van der Waals surface area contributed by atoms with Crippen LogP contribution in [0.2, 0.25) is 0 Å². The molecule has 1 fully saturated rings. The molecule has 1 aliphatic rings. The molecule has 2 heterocycles. The first-order chi connectivity index (χ1) is 12.9. The number of anilines is 1. The third kappa shape index (κ3) is 4.82. The molecule has 1 aromatic carbocycles. The van der Waals surface area contributed by atoms with Gasteiger partial charge < -0.3 is 10.2 Å². The van der Waals surface area contributed by atoms with Crippen molar-refractivity contribution < 1.29 is 13.2 Å². The van der Waals surface area contributed by atoms with Crippen molar-refractivity contribution in [1.82, 2.24) is 14.9 Å². The molecule has 7 nitrogen and oxygen atoms in total. The third-order valence-corrected chi connectivity index (χ3v) is 6.48. The highest BCUT2D eigenvalue weighted by Gasteiger charge is 2.34. The Morgan fingerprint density at radius 1 is 1.26 bits per heavy atom. The van der Waals surface area contributed by atoms with E-state index in [9.17, 15) is 13.2 Å². The van der Waals surface area contributed by atoms with Gasteiger partial charge in [0.1, 0.15) is 17.8 Å². The van der Waals surface area contributed by atoms with E-state index in [2.05, 4.69) is 15.3 Å². The number of rotatable bonds is 6. The van der Waals surface area contributed by atoms with E-state index in [1.807, 2.05) is 38.1 Å². The molecule has 1 aliphatic heterocycles. The molecule has 27 heavy (non-hydrogen) atoms. The molecule has 1 N–H and O–H groups in total. The lowest BCUT2D eigenvalue weighted by Gasteiger charge is -2.26. The minimum absolute atomic E-state index is 0.0240. The first-order valence-corrected chi connectivity index (χ1v) is 10.8. The lowest BCUT2D eigenvalue weighted by Crippen LogP contribution is -2.41. The smallest absolute Gasteiger partial charge is 0.272 e. The van der Waals surface area contributed by atoms with Gasteiger partial charge in [-0.15, -0.1) is 0 Å². The SMILES string of the molecule is CCN(C(=O)c1cc(NCc2ccc(C)cc2)ncn1)C1CCS(=O)(=O)C1. The van der Waals surface area contributed by atoms with Gasteiger partial charge in [-0.25, -0.2) is 18.4 Å². The molecule has 0 spiro atoms. The summed E-state index contributed by atoms with van der Waals surface area (Å²) >= 11 is 0. The van der Waals surface area contributed by atoms with Crippen LogP contribution in [0.3, 0.4) is 0 Å². The van der Waals surface area contributed by atoms with Crippen LogP contribution < -0.4 is 5.32 Å². The van der Waals surface area contributed by atoms with Gasteiger partial charge in [-0.3, -0.25) is 4.79 Å². The van der Waals surface area contributed by atoms with Gasteiger partial charge in [0.05, 0.1) is 11.5 Å². The fourth-order valence-electron chi connectivity index (χ4n) is 3.21. The van der Waals surface area contributed by atoms with Crippen LogP contribution >= 0.6 is 0 Å². The Hall–Kier alpha value is -2.48. The largest absolute Gasteiger partial charge is 0.366 e. The second-order valence-electron chi connectivity index (χ2n) is 6.78. The Labute approximate surface area is 159 Å². The van der Waals surface area contributed by atoms with Crippen molar-refractivity contribution in [2.45, 2.75) is 32.9 Å². The highest BCUT2D eigenvalue weighted by Crippen LogP contribution is 2.20. The van der Waals surface area contributed by atoms with Gasteiger partial charge in [-0.2, -0.15) is 0 Å². The molecule has 1 saturated heterocycles. The average Bonchev–Trinajstić information content (AvgIpc) is 3.01. The monoisotopic (exact) mass is 388 g/mol. The minimum atomic E-state index is -3.06. The van der Waals surface area contributed by atoms with Gasteiger partial charge in [-0.05, 0) is 25.8 Å². The topological polar surface area (TPSA) is 92.3 Å². The summed E-state index contributed by atoms with van der Waals surface area (Å²) in [6.07, 6.45) is 1.83. The number of hydrogen-bond donors (Lipinski definition) is 1. The lowest BCUT2D eigenvalue weighted by molar-refractivity contribution is 0.0702. The molecule has 0 saturated carbocycles. The van der Waals surface area contributed by atoms with Crippen molar-refractivity contribution in [1.29, 1.82) is 0 Å². The molecule has 3 rings (SSSR count). The molecule has 2 aromatic rings. The van der Waals surface area contributed by atoms with Crippen LogP contribution in [0.25, 0.3) is 0 Å². The van der Waals surface area contributed by atoms with Crippen molar-refractivity contribution in [3.63, 3.8) is 0 Å². The zero-order valence-electron chi connectivity index (χ0n) is 15.6. The van der Waals surface area contributed by atoms with Crippen molar-refractivity contribution in [2.75, 3.05) is 23.4 Å². The summed E-state index contributed by atoms with van der Waals surface area (Å²) < 4.78 is 23.5. The second-order valence-corrected chi connectivity index (χ2v) is 9.00. The van der Waals surface area contributed by atoms with E-state index >= 15 is 0 Å². The zero-order chi connectivity index (χ0) is 19.4. The van der Waals surface area contributed by atoms with E-state index in [0.29, 0.717) is 25.3 Å². The molecule has 1 aromatic heterocycles. The maximum absolute atomic E-state index is 12.9. The number of nitrogens with one attached hydrogen (secondary N) is 1. The van der Waals surface area contributed by atoms with E-state index in [4.69, 9.17) is 0 Å². The Balaban J connectivity index is 1.70. The van der Waals surface area contributed by atoms with Crippen LogP contribution in [0.5, 0.6) is 0 Å². The minimum Gasteiger partial charge on any atom is -0.366 e. The summed E-state index contributed by atoms with van der Waals surface area (Å²) in [5.74, 6) is 0.453. The molecule has 1 amide bonds. The number of aryl methyl sites for hydroxylation is 1. The predicted molar refractivity (Wildman–Crippen MR) is 104 cm³/mol. The van der Waals surface area contributed by atoms with E-state index in [0.717, 1.165) is 5.56 Å². The van der Waals surface area contributed by atoms with Gasteiger partial charge in [0.25, 0.3) is 5.91 Å². The predicted octanol–water partition coefficient (Wildman–Crippen LogP) is 2.05. The fourth-order valence-corrected chi connectivity index (χ4v) is 4.94. The van der Waals surface area contributed by atoms with Crippen molar-refractivity contribution >= 4 is 21.6 Å². The summed E-state index contributed by atoms with van der Waals surface area (Å²) in [5, 5.41) is 3.20. The summed E-state index contributed by atoms with van der Waals surface area (Å²) in [4.78, 5) is 22.7. The zero-order valence-corrected chi connectivity index (χ0v) is 16.4. The second kappa shape index (κ2) is 8.04. The normalized spacial score (nSPS) is 18.2. The molecule has 0 bridgehead atoms. The first-order valence-electron chi connectivity index (χ1n) is 9.01. The number of hydrogen-bond acceptors (Lipinski definition) is 6. The quantitative estimate of drug-likeness (QED) is 0.814. The highest BCUT2D eigenvalue weighted by molar-refractivity contribution is 7.91. The van der Waals surface area contributed by atoms with Crippen molar-refractivity contribution in [3.05, 3.63) is 53.5 Å². The third-order valence-electron chi connectivity index (χ3n) is 4.73. The number of aromatic nitrogens is 2. The summed E-state index contributed by atoms with van der Waals surface area (Å²) in [6, 6.07) is 9.49. The maximum atomic E-state index is 12.9. The van der Waals surface area contributed by atoms with Crippen molar-refractivity contribution in [2.24, 2.45) is 0 Å². The van der Waals surface area contributed by atoms with Gasteiger partial charge in [0.2, 0.25) is 0 Å². The molecule has 0 aliphatic carbocycles. The van der Waals surface area contributed by atoms with Crippen LogP contribution in [0.15, 0.2) is 36.7 Å². The number of carbonyl (C=O) groups excluding carboxylic acids is 1. The van der Waals surface area contributed by atoms with Gasteiger partial charge in [-0.1, -0.05) is 29.8 Å². The molecule has 8 heteroatoms. The molecular weight excluding hydrogens is 364 g/mol. The Bertz CT molecular complexity index is 913. The van der Waals surface area contributed by atoms with E-state index < -0.39 is 9.84 Å². The lowest BCUT2D eigenvalue weighted by atomic mass is 10.1. The number of benzene rings is 1. The maximum Gasteiger partial charge on any atom is 0.272 e. The van der Waals surface area contributed by atoms with Crippen LogP contribution in [-0.2, 0) is 16.4 Å². The summed E-state index contributed by atoms with van der Waals surface area (Å²) in [6.45, 7) is 4.91. The van der Waals surface area contributed by atoms with Crippen LogP contribution in [0.1, 0.15) is 35.0 Å². The van der Waals surface area contributed by atoms with E-state index in [-0.39, 0.29) is 29.1 Å². The molecule has 1 atom stereocenters. The van der Waals surface area contributed by atoms with E-state index in [1.165, 1.54) is 11.9 Å². The van der Waals surface area contributed by atoms with Crippen LogP contribution in [-0.4, -0.2) is 53.3 Å².